The first-order valence-corrected chi connectivity index (χ1v) is 11.0. The molecule has 5 aromatic rings. The second-order valence-electron chi connectivity index (χ2n) is 9.29. The summed E-state index contributed by atoms with van der Waals surface area (Å²) >= 11 is 0. The van der Waals surface area contributed by atoms with Crippen LogP contribution in [0.3, 0.4) is 0 Å². The van der Waals surface area contributed by atoms with Crippen LogP contribution in [0.25, 0.3) is 33.2 Å². The van der Waals surface area contributed by atoms with Crippen LogP contribution in [-0.4, -0.2) is 9.97 Å². The molecular formula is C28H26N4O. The first-order valence-electron chi connectivity index (χ1n) is 11.0. The van der Waals surface area contributed by atoms with E-state index in [2.05, 4.69) is 73.4 Å². The third-order valence-electron chi connectivity index (χ3n) is 5.76. The lowest BCUT2D eigenvalue weighted by Gasteiger charge is -2.19. The van der Waals surface area contributed by atoms with Crippen molar-refractivity contribution in [3.8, 4) is 11.3 Å². The summed E-state index contributed by atoms with van der Waals surface area (Å²) in [5, 5.41) is 7.36. The predicted octanol–water partition coefficient (Wildman–Crippen LogP) is 6.58. The van der Waals surface area contributed by atoms with Crippen molar-refractivity contribution in [2.45, 2.75) is 33.1 Å². The summed E-state index contributed by atoms with van der Waals surface area (Å²) in [7, 11) is 0. The highest BCUT2D eigenvalue weighted by Crippen LogP contribution is 2.27. The predicted molar refractivity (Wildman–Crippen MR) is 134 cm³/mol. The van der Waals surface area contributed by atoms with E-state index >= 15 is 0 Å². The minimum atomic E-state index is 0.0981. The van der Waals surface area contributed by atoms with E-state index in [9.17, 15) is 0 Å². The Kier molecular flexibility index (Phi) is 5.17. The van der Waals surface area contributed by atoms with Crippen LogP contribution in [0.2, 0.25) is 0 Å². The summed E-state index contributed by atoms with van der Waals surface area (Å²) in [4.78, 5) is 8.72. The Balaban J connectivity index is 1.63. The fourth-order valence-electron chi connectivity index (χ4n) is 3.85. The van der Waals surface area contributed by atoms with Crippen molar-refractivity contribution >= 4 is 27.7 Å². The van der Waals surface area contributed by atoms with Crippen molar-refractivity contribution in [2.75, 3.05) is 5.43 Å². The van der Waals surface area contributed by atoms with Gasteiger partial charge in [0.1, 0.15) is 17.7 Å². The highest BCUT2D eigenvalue weighted by Gasteiger charge is 2.14. The molecule has 164 valence electrons. The number of aryl methyl sites for hydroxylation is 1. The maximum absolute atomic E-state index is 6.30. The summed E-state index contributed by atoms with van der Waals surface area (Å²) < 4.78 is 6.30. The van der Waals surface area contributed by atoms with Crippen molar-refractivity contribution in [3.05, 3.63) is 95.6 Å². The van der Waals surface area contributed by atoms with Gasteiger partial charge in [0.05, 0.1) is 10.9 Å². The second-order valence-corrected chi connectivity index (χ2v) is 9.29. The SMILES string of the molecule is Cc1ccc2c(=NNc3ncnc4ccccc34)cc(-c3ccc(C(C)(C)C)cc3)oc2c1. The molecule has 0 saturated heterocycles. The van der Waals surface area contributed by atoms with E-state index in [0.717, 1.165) is 44.1 Å². The summed E-state index contributed by atoms with van der Waals surface area (Å²) in [6.07, 6.45) is 1.55. The molecule has 0 radical (unpaired) electrons. The standard InChI is InChI=1S/C28H26N4O/c1-18-9-14-21-24(31-32-27-22-7-5-6-8-23(22)29-17-30-27)16-25(33-26(21)15-18)19-10-12-20(13-11-19)28(2,3)4/h5-17H,1-4H3,(H,29,30,32). The minimum absolute atomic E-state index is 0.0981. The van der Waals surface area contributed by atoms with Gasteiger partial charge in [-0.1, -0.05) is 63.2 Å². The second kappa shape index (κ2) is 8.17. The maximum atomic E-state index is 6.30. The minimum Gasteiger partial charge on any atom is -0.456 e. The number of hydrogen-bond donors (Lipinski definition) is 1. The Bertz CT molecular complexity index is 1520. The topological polar surface area (TPSA) is 63.3 Å². The first-order chi connectivity index (χ1) is 15.9. The van der Waals surface area contributed by atoms with Crippen LogP contribution in [-0.2, 0) is 5.41 Å². The normalized spacial score (nSPS) is 12.4. The summed E-state index contributed by atoms with van der Waals surface area (Å²) in [5.41, 5.74) is 8.33. The third-order valence-corrected chi connectivity index (χ3v) is 5.76. The van der Waals surface area contributed by atoms with Gasteiger partial charge in [0.25, 0.3) is 0 Å². The van der Waals surface area contributed by atoms with Gasteiger partial charge in [0.2, 0.25) is 0 Å². The van der Waals surface area contributed by atoms with Gasteiger partial charge in [0, 0.05) is 22.4 Å². The molecule has 0 spiro atoms. The van der Waals surface area contributed by atoms with Crippen molar-refractivity contribution < 1.29 is 4.42 Å². The monoisotopic (exact) mass is 434 g/mol. The van der Waals surface area contributed by atoms with Crippen LogP contribution >= 0.6 is 0 Å². The molecule has 0 amide bonds. The Morgan fingerprint density at radius 1 is 0.848 bits per heavy atom. The number of rotatable bonds is 3. The van der Waals surface area contributed by atoms with E-state index in [1.807, 2.05) is 42.5 Å². The fraction of sp³-hybridized carbons (Fsp3) is 0.179. The average Bonchev–Trinajstić information content (AvgIpc) is 2.81. The van der Waals surface area contributed by atoms with E-state index in [0.29, 0.717) is 5.82 Å². The number of para-hydroxylation sites is 1. The van der Waals surface area contributed by atoms with Crippen LogP contribution in [0.15, 0.2) is 88.6 Å². The lowest BCUT2D eigenvalue weighted by atomic mass is 9.86. The molecule has 0 fully saturated rings. The molecule has 5 heteroatoms. The van der Waals surface area contributed by atoms with Crippen molar-refractivity contribution in [1.82, 2.24) is 9.97 Å². The summed E-state index contributed by atoms with van der Waals surface area (Å²) in [6.45, 7) is 8.70. The van der Waals surface area contributed by atoms with Gasteiger partial charge in [-0.25, -0.2) is 9.97 Å². The summed E-state index contributed by atoms with van der Waals surface area (Å²) in [6, 6.07) is 24.5. The van der Waals surface area contributed by atoms with Gasteiger partial charge in [0.15, 0.2) is 5.82 Å². The van der Waals surface area contributed by atoms with Gasteiger partial charge in [-0.05, 0) is 47.7 Å². The van der Waals surface area contributed by atoms with E-state index in [1.165, 1.54) is 5.56 Å². The van der Waals surface area contributed by atoms with Crippen LogP contribution in [0.5, 0.6) is 0 Å². The Labute approximate surface area is 192 Å². The zero-order chi connectivity index (χ0) is 23.0. The zero-order valence-corrected chi connectivity index (χ0v) is 19.3. The molecule has 0 bridgehead atoms. The number of aromatic nitrogens is 2. The van der Waals surface area contributed by atoms with Gasteiger partial charge >= 0.3 is 0 Å². The number of benzene rings is 3. The Hall–Kier alpha value is -3.99. The lowest BCUT2D eigenvalue weighted by Crippen LogP contribution is -2.10. The van der Waals surface area contributed by atoms with Gasteiger partial charge in [-0.15, -0.1) is 0 Å². The Morgan fingerprint density at radius 2 is 1.64 bits per heavy atom. The van der Waals surface area contributed by atoms with E-state index in [1.54, 1.807) is 6.33 Å². The first kappa shape index (κ1) is 20.9. The van der Waals surface area contributed by atoms with Gasteiger partial charge < -0.3 is 4.42 Å². The number of fused-ring (bicyclic) bond motifs is 2. The molecule has 1 N–H and O–H groups in total. The van der Waals surface area contributed by atoms with Gasteiger partial charge in [-0.3, -0.25) is 5.43 Å². The fourth-order valence-corrected chi connectivity index (χ4v) is 3.85. The quantitative estimate of drug-likeness (QED) is 0.326. The molecule has 2 aromatic heterocycles. The summed E-state index contributed by atoms with van der Waals surface area (Å²) in [5.74, 6) is 1.43. The van der Waals surface area contributed by atoms with Crippen molar-refractivity contribution in [3.63, 3.8) is 0 Å². The Morgan fingerprint density at radius 3 is 2.42 bits per heavy atom. The van der Waals surface area contributed by atoms with E-state index in [4.69, 9.17) is 9.52 Å². The molecule has 3 aromatic carbocycles. The molecule has 2 heterocycles. The molecule has 5 nitrogen and oxygen atoms in total. The van der Waals surface area contributed by atoms with E-state index < -0.39 is 0 Å². The average molecular weight is 435 g/mol. The van der Waals surface area contributed by atoms with Crippen LogP contribution < -0.4 is 10.8 Å². The molecule has 0 atom stereocenters. The van der Waals surface area contributed by atoms with Crippen molar-refractivity contribution in [1.29, 1.82) is 0 Å². The molecule has 0 aliphatic heterocycles. The number of hydrogen-bond acceptors (Lipinski definition) is 5. The number of nitrogens with one attached hydrogen (secondary N) is 1. The molecule has 5 rings (SSSR count). The number of anilines is 1. The van der Waals surface area contributed by atoms with Crippen LogP contribution in [0, 0.1) is 6.92 Å². The van der Waals surface area contributed by atoms with Gasteiger partial charge in [-0.2, -0.15) is 5.10 Å². The third kappa shape index (κ3) is 4.22. The van der Waals surface area contributed by atoms with Crippen LogP contribution in [0.1, 0.15) is 31.9 Å². The highest BCUT2D eigenvalue weighted by molar-refractivity contribution is 5.88. The van der Waals surface area contributed by atoms with Crippen LogP contribution in [0.4, 0.5) is 5.82 Å². The molecule has 0 aliphatic rings. The highest BCUT2D eigenvalue weighted by atomic mass is 16.3. The van der Waals surface area contributed by atoms with Crippen molar-refractivity contribution in [2.24, 2.45) is 5.10 Å². The van der Waals surface area contributed by atoms with E-state index in [-0.39, 0.29) is 5.41 Å². The molecule has 0 aliphatic carbocycles. The molecule has 33 heavy (non-hydrogen) atoms. The lowest BCUT2D eigenvalue weighted by molar-refractivity contribution is 0.589. The molecule has 0 saturated carbocycles. The zero-order valence-electron chi connectivity index (χ0n) is 19.3. The largest absolute Gasteiger partial charge is 0.456 e. The maximum Gasteiger partial charge on any atom is 0.157 e. The molecular weight excluding hydrogens is 408 g/mol. The smallest absolute Gasteiger partial charge is 0.157 e. The molecule has 0 unspecified atom stereocenters. The number of nitrogens with zero attached hydrogens (tertiary/aromatic N) is 3.